The van der Waals surface area contributed by atoms with Gasteiger partial charge in [-0.1, -0.05) is 238 Å². The van der Waals surface area contributed by atoms with Gasteiger partial charge < -0.3 is 14.2 Å². The lowest BCUT2D eigenvalue weighted by Gasteiger charge is -2.18. The predicted molar refractivity (Wildman–Crippen MR) is 256 cm³/mol. The molecule has 6 heteroatoms. The van der Waals surface area contributed by atoms with E-state index in [-0.39, 0.29) is 31.1 Å². The molecule has 6 nitrogen and oxygen atoms in total. The summed E-state index contributed by atoms with van der Waals surface area (Å²) in [6.45, 7) is 6.56. The molecule has 0 aromatic rings. The standard InChI is InChI=1S/C54H100O6/c1-4-7-10-13-15-17-19-21-23-25-26-27-29-30-32-34-36-38-41-44-47-53(56)59-50-51(49-58-52(55)46-43-40-12-9-6-3)60-54(57)48-45-42-39-37-35-33-31-28-24-22-20-18-16-14-11-8-5-2/h16,18,22,24,51H,4-15,17,19-21,23,25-50H2,1-3H3/b18-16-,24-22-. The molecule has 0 aliphatic heterocycles. The lowest BCUT2D eigenvalue weighted by atomic mass is 10.0. The van der Waals surface area contributed by atoms with Crippen molar-refractivity contribution in [3.63, 3.8) is 0 Å². The van der Waals surface area contributed by atoms with Gasteiger partial charge in [0.05, 0.1) is 0 Å². The van der Waals surface area contributed by atoms with Gasteiger partial charge in [0.25, 0.3) is 0 Å². The van der Waals surface area contributed by atoms with E-state index in [0.717, 1.165) is 77.0 Å². The van der Waals surface area contributed by atoms with Crippen LogP contribution < -0.4 is 0 Å². The van der Waals surface area contributed by atoms with Crippen LogP contribution in [0, 0.1) is 0 Å². The zero-order valence-electron chi connectivity index (χ0n) is 40.2. The summed E-state index contributed by atoms with van der Waals surface area (Å²) in [5, 5.41) is 0. The van der Waals surface area contributed by atoms with E-state index in [1.165, 1.54) is 167 Å². The van der Waals surface area contributed by atoms with Gasteiger partial charge in [0.1, 0.15) is 13.2 Å². The second-order valence-corrected chi connectivity index (χ2v) is 17.8. The molecule has 0 aliphatic carbocycles. The molecule has 0 radical (unpaired) electrons. The third-order valence-corrected chi connectivity index (χ3v) is 11.7. The van der Waals surface area contributed by atoms with Crippen LogP contribution in [0.15, 0.2) is 24.3 Å². The Morgan fingerprint density at radius 2 is 0.600 bits per heavy atom. The van der Waals surface area contributed by atoms with Crippen molar-refractivity contribution in [1.29, 1.82) is 0 Å². The Morgan fingerprint density at radius 1 is 0.333 bits per heavy atom. The van der Waals surface area contributed by atoms with Gasteiger partial charge in [-0.2, -0.15) is 0 Å². The van der Waals surface area contributed by atoms with E-state index in [4.69, 9.17) is 14.2 Å². The van der Waals surface area contributed by atoms with Crippen LogP contribution in [0.3, 0.4) is 0 Å². The smallest absolute Gasteiger partial charge is 0.306 e. The highest BCUT2D eigenvalue weighted by molar-refractivity contribution is 5.71. The van der Waals surface area contributed by atoms with Crippen molar-refractivity contribution in [1.82, 2.24) is 0 Å². The van der Waals surface area contributed by atoms with Gasteiger partial charge in [-0.15, -0.1) is 0 Å². The van der Waals surface area contributed by atoms with Crippen molar-refractivity contribution in [3.8, 4) is 0 Å². The zero-order chi connectivity index (χ0) is 43.7. The van der Waals surface area contributed by atoms with Crippen LogP contribution >= 0.6 is 0 Å². The first kappa shape index (κ1) is 57.9. The van der Waals surface area contributed by atoms with Gasteiger partial charge in [-0.25, -0.2) is 0 Å². The Morgan fingerprint density at radius 3 is 0.950 bits per heavy atom. The molecule has 0 heterocycles. The number of hydrogen-bond donors (Lipinski definition) is 0. The molecule has 0 aromatic heterocycles. The minimum atomic E-state index is -0.767. The maximum Gasteiger partial charge on any atom is 0.306 e. The van der Waals surface area contributed by atoms with E-state index in [0.29, 0.717) is 19.3 Å². The number of carbonyl (C=O) groups is 3. The molecule has 60 heavy (non-hydrogen) atoms. The molecule has 0 fully saturated rings. The Balaban J connectivity index is 4.11. The fourth-order valence-electron chi connectivity index (χ4n) is 7.71. The summed E-state index contributed by atoms with van der Waals surface area (Å²) in [5.74, 6) is -0.880. The van der Waals surface area contributed by atoms with Gasteiger partial charge in [0.15, 0.2) is 6.10 Å². The van der Waals surface area contributed by atoms with Crippen LogP contribution in [0.25, 0.3) is 0 Å². The molecule has 0 saturated heterocycles. The molecule has 0 spiro atoms. The molecule has 0 N–H and O–H groups in total. The largest absolute Gasteiger partial charge is 0.462 e. The van der Waals surface area contributed by atoms with E-state index in [1.54, 1.807) is 0 Å². The third-order valence-electron chi connectivity index (χ3n) is 11.7. The topological polar surface area (TPSA) is 78.9 Å². The van der Waals surface area contributed by atoms with Crippen molar-refractivity contribution in [2.24, 2.45) is 0 Å². The summed E-state index contributed by atoms with van der Waals surface area (Å²) >= 11 is 0. The van der Waals surface area contributed by atoms with Crippen molar-refractivity contribution in [3.05, 3.63) is 24.3 Å². The molecule has 0 aromatic carbocycles. The Labute approximate surface area is 373 Å². The number of allylic oxidation sites excluding steroid dienone is 4. The number of esters is 3. The Bertz CT molecular complexity index is 973. The van der Waals surface area contributed by atoms with Crippen molar-refractivity contribution in [2.75, 3.05) is 13.2 Å². The van der Waals surface area contributed by atoms with E-state index >= 15 is 0 Å². The SMILES string of the molecule is CCCCC/C=C\C/C=C\CCCCCCCCCC(=O)OC(COC(=O)CCCCCCC)COC(=O)CCCCCCCCCCCCCCCCCCCCCC. The lowest BCUT2D eigenvalue weighted by Crippen LogP contribution is -2.30. The van der Waals surface area contributed by atoms with Gasteiger partial charge in [-0.05, 0) is 51.4 Å². The average Bonchev–Trinajstić information content (AvgIpc) is 3.24. The van der Waals surface area contributed by atoms with Crippen molar-refractivity contribution in [2.45, 2.75) is 290 Å². The fourth-order valence-corrected chi connectivity index (χ4v) is 7.71. The minimum absolute atomic E-state index is 0.0709. The van der Waals surface area contributed by atoms with Crippen molar-refractivity contribution < 1.29 is 28.6 Å². The minimum Gasteiger partial charge on any atom is -0.462 e. The predicted octanol–water partition coefficient (Wildman–Crippen LogP) is 17.2. The number of ether oxygens (including phenoxy) is 3. The van der Waals surface area contributed by atoms with E-state index in [1.807, 2.05) is 0 Å². The van der Waals surface area contributed by atoms with Crippen LogP contribution in [-0.4, -0.2) is 37.2 Å². The molecule has 0 aliphatic rings. The molecule has 0 bridgehead atoms. The average molecular weight is 845 g/mol. The molecular weight excluding hydrogens is 745 g/mol. The summed E-state index contributed by atoms with van der Waals surface area (Å²) in [5.41, 5.74) is 0. The van der Waals surface area contributed by atoms with Crippen LogP contribution in [0.2, 0.25) is 0 Å². The van der Waals surface area contributed by atoms with Crippen LogP contribution in [-0.2, 0) is 28.6 Å². The van der Waals surface area contributed by atoms with Crippen LogP contribution in [0.1, 0.15) is 284 Å². The number of carbonyl (C=O) groups excluding carboxylic acids is 3. The summed E-state index contributed by atoms with van der Waals surface area (Å²) in [7, 11) is 0. The van der Waals surface area contributed by atoms with Gasteiger partial charge >= 0.3 is 17.9 Å². The molecule has 1 unspecified atom stereocenters. The first-order chi connectivity index (χ1) is 29.5. The van der Waals surface area contributed by atoms with E-state index in [2.05, 4.69) is 45.1 Å². The highest BCUT2D eigenvalue weighted by Crippen LogP contribution is 2.16. The summed E-state index contributed by atoms with van der Waals surface area (Å²) < 4.78 is 16.7. The molecule has 0 amide bonds. The quantitative estimate of drug-likeness (QED) is 0.0263. The van der Waals surface area contributed by atoms with Crippen LogP contribution in [0.4, 0.5) is 0 Å². The summed E-state index contributed by atoms with van der Waals surface area (Å²) in [4.78, 5) is 37.7. The van der Waals surface area contributed by atoms with E-state index < -0.39 is 6.10 Å². The molecule has 0 saturated carbocycles. The molecule has 1 atom stereocenters. The lowest BCUT2D eigenvalue weighted by molar-refractivity contribution is -0.167. The normalized spacial score (nSPS) is 12.1. The second-order valence-electron chi connectivity index (χ2n) is 17.8. The first-order valence-corrected chi connectivity index (χ1v) is 26.3. The maximum absolute atomic E-state index is 12.7. The van der Waals surface area contributed by atoms with Gasteiger partial charge in [-0.3, -0.25) is 14.4 Å². The fraction of sp³-hybridized carbons (Fsp3) is 0.870. The number of rotatable bonds is 48. The maximum atomic E-state index is 12.7. The number of hydrogen-bond acceptors (Lipinski definition) is 6. The van der Waals surface area contributed by atoms with Gasteiger partial charge in [0, 0.05) is 19.3 Å². The summed E-state index contributed by atoms with van der Waals surface area (Å²) in [6, 6.07) is 0. The highest BCUT2D eigenvalue weighted by atomic mass is 16.6. The molecular formula is C54H100O6. The Kier molecular flexibility index (Phi) is 47.8. The van der Waals surface area contributed by atoms with Crippen LogP contribution in [0.5, 0.6) is 0 Å². The molecule has 0 rings (SSSR count). The number of unbranched alkanes of at least 4 members (excludes halogenated alkanes) is 33. The molecule has 352 valence electrons. The first-order valence-electron chi connectivity index (χ1n) is 26.3. The second kappa shape index (κ2) is 49.5. The van der Waals surface area contributed by atoms with Crippen molar-refractivity contribution >= 4 is 17.9 Å². The highest BCUT2D eigenvalue weighted by Gasteiger charge is 2.19. The third kappa shape index (κ3) is 46.9. The summed E-state index contributed by atoms with van der Waals surface area (Å²) in [6.07, 6.45) is 56.3. The monoisotopic (exact) mass is 845 g/mol. The van der Waals surface area contributed by atoms with Gasteiger partial charge in [0.2, 0.25) is 0 Å². The zero-order valence-corrected chi connectivity index (χ0v) is 40.2. The van der Waals surface area contributed by atoms with E-state index in [9.17, 15) is 14.4 Å². The Hall–Kier alpha value is -2.11.